The summed E-state index contributed by atoms with van der Waals surface area (Å²) in [6.07, 6.45) is 4.13. The molecule has 0 saturated carbocycles. The van der Waals surface area contributed by atoms with Crippen molar-refractivity contribution in [3.8, 4) is 17.2 Å². The number of pyridine rings is 1. The van der Waals surface area contributed by atoms with Gasteiger partial charge in [-0.2, -0.15) is 0 Å². The second-order valence-electron chi connectivity index (χ2n) is 8.84. The Labute approximate surface area is 220 Å². The highest BCUT2D eigenvalue weighted by Crippen LogP contribution is 2.38. The van der Waals surface area contributed by atoms with Gasteiger partial charge >= 0.3 is 0 Å². The molecule has 1 amide bonds. The molecule has 5 rings (SSSR count). The summed E-state index contributed by atoms with van der Waals surface area (Å²) in [4.78, 5) is 17.6. The van der Waals surface area contributed by atoms with Crippen molar-refractivity contribution in [2.24, 2.45) is 0 Å². The van der Waals surface area contributed by atoms with Gasteiger partial charge in [0.1, 0.15) is 5.75 Å². The first kappa shape index (κ1) is 24.7. The predicted octanol–water partition coefficient (Wildman–Crippen LogP) is 6.55. The lowest BCUT2D eigenvalue weighted by atomic mass is 9.92. The SMILES string of the molecule is COc1ccc(Nc2c3c(nc4ccc(NC(=O)COc5ccc(Cl)cc5)cc24)CCCC3)cc1OC. The number of halogens is 1. The van der Waals surface area contributed by atoms with Crippen molar-refractivity contribution in [3.63, 3.8) is 0 Å². The third kappa shape index (κ3) is 5.57. The molecular weight excluding hydrogens is 490 g/mol. The van der Waals surface area contributed by atoms with Gasteiger partial charge in [0.05, 0.1) is 25.4 Å². The summed E-state index contributed by atoms with van der Waals surface area (Å²) in [7, 11) is 3.24. The topological polar surface area (TPSA) is 81.7 Å². The monoisotopic (exact) mass is 517 g/mol. The van der Waals surface area contributed by atoms with E-state index in [0.29, 0.717) is 28.0 Å². The molecular formula is C29H28ClN3O4. The molecule has 0 radical (unpaired) electrons. The number of hydrogen-bond acceptors (Lipinski definition) is 6. The summed E-state index contributed by atoms with van der Waals surface area (Å²) in [5, 5.41) is 8.10. The fourth-order valence-electron chi connectivity index (χ4n) is 4.58. The number of aryl methyl sites for hydroxylation is 1. The number of aromatic nitrogens is 1. The zero-order valence-corrected chi connectivity index (χ0v) is 21.5. The van der Waals surface area contributed by atoms with Crippen LogP contribution in [0.25, 0.3) is 10.9 Å². The quantitative estimate of drug-likeness (QED) is 0.276. The van der Waals surface area contributed by atoms with Crippen LogP contribution in [0.4, 0.5) is 17.1 Å². The minimum absolute atomic E-state index is 0.112. The predicted molar refractivity (Wildman–Crippen MR) is 147 cm³/mol. The maximum Gasteiger partial charge on any atom is 0.262 e. The van der Waals surface area contributed by atoms with Gasteiger partial charge in [-0.15, -0.1) is 0 Å². The third-order valence-electron chi connectivity index (χ3n) is 6.38. The average Bonchev–Trinajstić information content (AvgIpc) is 2.92. The van der Waals surface area contributed by atoms with E-state index in [4.69, 9.17) is 30.8 Å². The highest BCUT2D eigenvalue weighted by atomic mass is 35.5. The van der Waals surface area contributed by atoms with Crippen LogP contribution in [0.15, 0.2) is 60.7 Å². The Kier molecular flexibility index (Phi) is 7.32. The molecule has 3 aromatic carbocycles. The van der Waals surface area contributed by atoms with Crippen molar-refractivity contribution >= 4 is 45.5 Å². The molecule has 0 unspecified atom stereocenters. The standard InChI is InChI=1S/C29H28ClN3O4/c1-35-26-14-10-20(16-27(26)36-2)32-29-22-5-3-4-6-24(22)33-25-13-9-19(15-23(25)29)31-28(34)17-37-21-11-7-18(30)8-12-21/h7-16H,3-6,17H2,1-2H3,(H,31,34)(H,32,33). The second kappa shape index (κ2) is 11.0. The number of fused-ring (bicyclic) bond motifs is 2. The van der Waals surface area contributed by atoms with Gasteiger partial charge in [0.25, 0.3) is 5.91 Å². The molecule has 2 N–H and O–H groups in total. The highest BCUT2D eigenvalue weighted by molar-refractivity contribution is 6.30. The molecule has 0 aliphatic heterocycles. The van der Waals surface area contributed by atoms with Crippen molar-refractivity contribution < 1.29 is 19.0 Å². The van der Waals surface area contributed by atoms with E-state index in [1.54, 1.807) is 38.5 Å². The lowest BCUT2D eigenvalue weighted by Crippen LogP contribution is -2.20. The van der Waals surface area contributed by atoms with Crippen LogP contribution in [-0.4, -0.2) is 31.7 Å². The number of benzene rings is 3. The average molecular weight is 518 g/mol. The summed E-state index contributed by atoms with van der Waals surface area (Å²) >= 11 is 5.91. The number of nitrogens with one attached hydrogen (secondary N) is 2. The number of nitrogens with zero attached hydrogens (tertiary/aromatic N) is 1. The van der Waals surface area contributed by atoms with Gasteiger partial charge in [-0.05, 0) is 85.8 Å². The molecule has 7 nitrogen and oxygen atoms in total. The number of hydrogen-bond donors (Lipinski definition) is 2. The summed E-state index contributed by atoms with van der Waals surface area (Å²) in [5.41, 5.74) is 5.76. The molecule has 1 aliphatic carbocycles. The first-order chi connectivity index (χ1) is 18.0. The minimum Gasteiger partial charge on any atom is -0.493 e. The number of methoxy groups -OCH3 is 2. The summed E-state index contributed by atoms with van der Waals surface area (Å²) in [5.74, 6) is 1.64. The Bertz CT molecular complexity index is 1440. The zero-order valence-electron chi connectivity index (χ0n) is 20.8. The van der Waals surface area contributed by atoms with Crippen LogP contribution in [-0.2, 0) is 17.6 Å². The Morgan fingerprint density at radius 2 is 1.68 bits per heavy atom. The highest BCUT2D eigenvalue weighted by Gasteiger charge is 2.19. The van der Waals surface area contributed by atoms with Crippen molar-refractivity contribution in [3.05, 3.63) is 76.9 Å². The van der Waals surface area contributed by atoms with Crippen LogP contribution in [0.2, 0.25) is 5.02 Å². The molecule has 1 heterocycles. The molecule has 190 valence electrons. The van der Waals surface area contributed by atoms with E-state index in [1.165, 1.54) is 5.56 Å². The van der Waals surface area contributed by atoms with E-state index in [0.717, 1.165) is 53.7 Å². The largest absolute Gasteiger partial charge is 0.493 e. The summed E-state index contributed by atoms with van der Waals surface area (Å²) in [6.45, 7) is -0.112. The lowest BCUT2D eigenvalue weighted by Gasteiger charge is -2.22. The molecule has 0 saturated heterocycles. The lowest BCUT2D eigenvalue weighted by molar-refractivity contribution is -0.118. The van der Waals surface area contributed by atoms with Gasteiger partial charge in [0.15, 0.2) is 18.1 Å². The van der Waals surface area contributed by atoms with E-state index in [9.17, 15) is 4.79 Å². The van der Waals surface area contributed by atoms with Crippen molar-refractivity contribution in [2.45, 2.75) is 25.7 Å². The van der Waals surface area contributed by atoms with Crippen LogP contribution in [0, 0.1) is 0 Å². The Hall–Kier alpha value is -3.97. The van der Waals surface area contributed by atoms with Gasteiger partial charge in [0.2, 0.25) is 0 Å². The molecule has 37 heavy (non-hydrogen) atoms. The molecule has 0 spiro atoms. The van der Waals surface area contributed by atoms with Crippen molar-refractivity contribution in [1.82, 2.24) is 4.98 Å². The Balaban J connectivity index is 1.44. The Morgan fingerprint density at radius 3 is 2.46 bits per heavy atom. The zero-order chi connectivity index (χ0) is 25.8. The number of amides is 1. The molecule has 0 fully saturated rings. The van der Waals surface area contributed by atoms with Crippen molar-refractivity contribution in [2.75, 3.05) is 31.5 Å². The van der Waals surface area contributed by atoms with Gasteiger partial charge in [-0.1, -0.05) is 11.6 Å². The number of anilines is 3. The van der Waals surface area contributed by atoms with E-state index < -0.39 is 0 Å². The smallest absolute Gasteiger partial charge is 0.262 e. The minimum atomic E-state index is -0.255. The second-order valence-corrected chi connectivity index (χ2v) is 9.27. The van der Waals surface area contributed by atoms with Gasteiger partial charge in [0, 0.05) is 33.5 Å². The fraction of sp³-hybridized carbons (Fsp3) is 0.241. The molecule has 0 bridgehead atoms. The number of carbonyl (C=O) groups is 1. The van der Waals surface area contributed by atoms with Crippen LogP contribution < -0.4 is 24.8 Å². The van der Waals surface area contributed by atoms with E-state index in [1.807, 2.05) is 36.4 Å². The maximum absolute atomic E-state index is 12.6. The molecule has 1 aromatic heterocycles. The normalized spacial score (nSPS) is 12.5. The molecule has 8 heteroatoms. The number of carbonyl (C=O) groups excluding carboxylic acids is 1. The van der Waals surface area contributed by atoms with E-state index in [-0.39, 0.29) is 12.5 Å². The molecule has 1 aliphatic rings. The molecule has 4 aromatic rings. The fourth-order valence-corrected chi connectivity index (χ4v) is 4.71. The van der Waals surface area contributed by atoms with Gasteiger partial charge < -0.3 is 24.8 Å². The first-order valence-electron chi connectivity index (χ1n) is 12.2. The maximum atomic E-state index is 12.6. The summed E-state index contributed by atoms with van der Waals surface area (Å²) < 4.78 is 16.5. The van der Waals surface area contributed by atoms with Crippen LogP contribution >= 0.6 is 11.6 Å². The Morgan fingerprint density at radius 1 is 0.919 bits per heavy atom. The third-order valence-corrected chi connectivity index (χ3v) is 6.63. The first-order valence-corrected chi connectivity index (χ1v) is 12.5. The van der Waals surface area contributed by atoms with Gasteiger partial charge in [-0.3, -0.25) is 9.78 Å². The summed E-state index contributed by atoms with van der Waals surface area (Å²) in [6, 6.07) is 18.4. The van der Waals surface area contributed by atoms with E-state index >= 15 is 0 Å². The van der Waals surface area contributed by atoms with Crippen LogP contribution in [0.1, 0.15) is 24.1 Å². The van der Waals surface area contributed by atoms with Gasteiger partial charge in [-0.25, -0.2) is 0 Å². The number of rotatable bonds is 8. The number of ether oxygens (including phenoxy) is 3. The molecule has 0 atom stereocenters. The van der Waals surface area contributed by atoms with E-state index in [2.05, 4.69) is 10.6 Å². The van der Waals surface area contributed by atoms with Crippen LogP contribution in [0.3, 0.4) is 0 Å². The van der Waals surface area contributed by atoms with Crippen LogP contribution in [0.5, 0.6) is 17.2 Å². The van der Waals surface area contributed by atoms with Crippen molar-refractivity contribution in [1.29, 1.82) is 0 Å².